The molecule has 0 unspecified atom stereocenters. The number of aromatic nitrogens is 4. The van der Waals surface area contributed by atoms with E-state index in [0.29, 0.717) is 36.5 Å². The molecule has 0 saturated carbocycles. The molecule has 14 heteroatoms. The number of morpholine rings is 1. The average Bonchev–Trinajstić information content (AvgIpc) is 3.48. The van der Waals surface area contributed by atoms with Crippen LogP contribution in [0.5, 0.6) is 0 Å². The van der Waals surface area contributed by atoms with Crippen molar-refractivity contribution in [2.45, 2.75) is 32.0 Å². The lowest BCUT2D eigenvalue weighted by Gasteiger charge is -2.26. The molecule has 1 saturated heterocycles. The number of hydrogen-bond acceptors (Lipinski definition) is 8. The Morgan fingerprint density at radius 3 is 2.62 bits per heavy atom. The van der Waals surface area contributed by atoms with Gasteiger partial charge in [0.05, 0.1) is 47.7 Å². The molecule has 0 aliphatic carbocycles. The number of carbonyl (C=O) groups excluding carboxylic acids is 2. The molecule has 9 nitrogen and oxygen atoms in total. The van der Waals surface area contributed by atoms with E-state index >= 15 is 0 Å². The Hall–Kier alpha value is -2.87. The van der Waals surface area contributed by atoms with Crippen molar-refractivity contribution in [2.75, 3.05) is 31.6 Å². The minimum Gasteiger partial charge on any atom is -0.379 e. The third kappa shape index (κ3) is 6.53. The number of nitrogens with zero attached hydrogens (tertiary/aromatic N) is 5. The molecule has 37 heavy (non-hydrogen) atoms. The van der Waals surface area contributed by atoms with Gasteiger partial charge in [-0.25, -0.2) is 15.0 Å². The first kappa shape index (κ1) is 27.2. The summed E-state index contributed by atoms with van der Waals surface area (Å²) >= 11 is 6.63. The number of pyridine rings is 1. The van der Waals surface area contributed by atoms with Crippen molar-refractivity contribution in [3.05, 3.63) is 56.6 Å². The summed E-state index contributed by atoms with van der Waals surface area (Å²) in [4.78, 5) is 40.3. The zero-order valence-corrected chi connectivity index (χ0v) is 21.6. The summed E-state index contributed by atoms with van der Waals surface area (Å²) in [5.74, 6) is -0.562. The lowest BCUT2D eigenvalue weighted by molar-refractivity contribution is -0.137. The van der Waals surface area contributed by atoms with E-state index in [4.69, 9.17) is 16.3 Å². The van der Waals surface area contributed by atoms with E-state index in [1.165, 1.54) is 6.20 Å². The molecule has 0 spiro atoms. The van der Waals surface area contributed by atoms with E-state index in [-0.39, 0.29) is 28.8 Å². The number of alkyl halides is 3. The second-order valence-corrected chi connectivity index (χ2v) is 10.1. The molecule has 0 aromatic carbocycles. The summed E-state index contributed by atoms with van der Waals surface area (Å²) in [5, 5.41) is 2.32. The van der Waals surface area contributed by atoms with Crippen molar-refractivity contribution in [3.8, 4) is 0 Å². The monoisotopic (exact) mass is 556 g/mol. The maximum atomic E-state index is 13.1. The minimum atomic E-state index is -4.68. The number of hydrogen-bond donors (Lipinski definition) is 1. The second-order valence-electron chi connectivity index (χ2n) is 8.60. The Balaban J connectivity index is 1.38. The van der Waals surface area contributed by atoms with Crippen LogP contribution < -0.4 is 5.32 Å². The number of nitrogens with one attached hydrogen (secondary N) is 1. The Bertz CT molecular complexity index is 1290. The fourth-order valence-corrected chi connectivity index (χ4v) is 4.88. The van der Waals surface area contributed by atoms with Gasteiger partial charge in [0.1, 0.15) is 22.2 Å². The van der Waals surface area contributed by atoms with Crippen LogP contribution >= 0.6 is 22.9 Å². The van der Waals surface area contributed by atoms with Crippen molar-refractivity contribution < 1.29 is 27.5 Å². The first-order valence-corrected chi connectivity index (χ1v) is 12.6. The van der Waals surface area contributed by atoms with Crippen molar-refractivity contribution >= 4 is 40.4 Å². The van der Waals surface area contributed by atoms with E-state index in [9.17, 15) is 22.8 Å². The fourth-order valence-electron chi connectivity index (χ4n) is 3.81. The lowest BCUT2D eigenvalue weighted by atomic mass is 10.0. The SMILES string of the molecule is C[C@@H](CC(=O)c1cnc(CN2CCOCC2)n1C)c1ncc(C(=O)Nc2cc(C(F)(F)F)c(Cl)cn2)s1. The summed E-state index contributed by atoms with van der Waals surface area (Å²) in [6.45, 7) is 5.41. The number of thiazole rings is 1. The molecule has 1 N–H and O–H groups in total. The van der Waals surface area contributed by atoms with Gasteiger partial charge in [-0.15, -0.1) is 11.3 Å². The molecule has 1 amide bonds. The van der Waals surface area contributed by atoms with Crippen LogP contribution in [0.3, 0.4) is 0 Å². The number of ether oxygens (including phenoxy) is 1. The van der Waals surface area contributed by atoms with Crippen LogP contribution in [-0.4, -0.2) is 62.4 Å². The zero-order valence-electron chi connectivity index (χ0n) is 20.0. The predicted molar refractivity (Wildman–Crippen MR) is 131 cm³/mol. The number of imidazole rings is 1. The number of ketones is 1. The first-order valence-electron chi connectivity index (χ1n) is 11.4. The van der Waals surface area contributed by atoms with Gasteiger partial charge in [-0.3, -0.25) is 14.5 Å². The van der Waals surface area contributed by atoms with Crippen LogP contribution in [0.15, 0.2) is 24.7 Å². The van der Waals surface area contributed by atoms with Gasteiger partial charge in [-0.1, -0.05) is 18.5 Å². The highest BCUT2D eigenvalue weighted by Gasteiger charge is 2.34. The van der Waals surface area contributed by atoms with E-state index in [2.05, 4.69) is 25.2 Å². The molecule has 0 bridgehead atoms. The largest absolute Gasteiger partial charge is 0.418 e. The third-order valence-corrected chi connectivity index (χ3v) is 7.43. The highest BCUT2D eigenvalue weighted by atomic mass is 35.5. The molecule has 4 heterocycles. The predicted octanol–water partition coefficient (Wildman–Crippen LogP) is 4.40. The van der Waals surface area contributed by atoms with Gasteiger partial charge >= 0.3 is 6.18 Å². The molecular formula is C23H24ClF3N6O3S. The maximum absolute atomic E-state index is 13.1. The Morgan fingerprint density at radius 2 is 1.92 bits per heavy atom. The summed E-state index contributed by atoms with van der Waals surface area (Å²) in [7, 11) is 1.81. The second kappa shape index (κ2) is 11.3. The molecule has 198 valence electrons. The minimum absolute atomic E-state index is 0.109. The molecule has 4 rings (SSSR count). The van der Waals surface area contributed by atoms with E-state index < -0.39 is 22.7 Å². The molecule has 1 fully saturated rings. The van der Waals surface area contributed by atoms with Gasteiger partial charge in [0.15, 0.2) is 5.78 Å². The van der Waals surface area contributed by atoms with Crippen LogP contribution in [0.4, 0.5) is 19.0 Å². The van der Waals surface area contributed by atoms with E-state index in [1.807, 2.05) is 14.0 Å². The Labute approximate surface area is 219 Å². The number of carbonyl (C=O) groups is 2. The fraction of sp³-hybridized carbons (Fsp3) is 0.435. The highest BCUT2D eigenvalue weighted by molar-refractivity contribution is 7.13. The third-order valence-electron chi connectivity index (χ3n) is 5.90. The lowest BCUT2D eigenvalue weighted by Crippen LogP contribution is -2.36. The number of amides is 1. The number of rotatable bonds is 8. The zero-order chi connectivity index (χ0) is 26.7. The molecule has 0 radical (unpaired) electrons. The molecule has 1 atom stereocenters. The quantitative estimate of drug-likeness (QED) is 0.410. The number of anilines is 1. The van der Waals surface area contributed by atoms with Crippen molar-refractivity contribution in [2.24, 2.45) is 7.05 Å². The molecule has 3 aromatic rings. The summed E-state index contributed by atoms with van der Waals surface area (Å²) in [5.41, 5.74) is -0.612. The van der Waals surface area contributed by atoms with Gasteiger partial charge in [-0.05, 0) is 6.07 Å². The highest BCUT2D eigenvalue weighted by Crippen LogP contribution is 2.35. The topological polar surface area (TPSA) is 102 Å². The summed E-state index contributed by atoms with van der Waals surface area (Å²) in [6, 6.07) is 0.671. The van der Waals surface area contributed by atoms with Gasteiger partial charge in [0.2, 0.25) is 0 Å². The maximum Gasteiger partial charge on any atom is 0.418 e. The van der Waals surface area contributed by atoms with Crippen LogP contribution in [0, 0.1) is 0 Å². The van der Waals surface area contributed by atoms with E-state index in [1.54, 1.807) is 10.8 Å². The van der Waals surface area contributed by atoms with Crippen LogP contribution in [0.25, 0.3) is 0 Å². The smallest absolute Gasteiger partial charge is 0.379 e. The summed E-state index contributed by atoms with van der Waals surface area (Å²) < 4.78 is 46.4. The number of Topliss-reactive ketones (excluding diaryl/α,β-unsaturated/α-hetero) is 1. The van der Waals surface area contributed by atoms with E-state index in [0.717, 1.165) is 36.4 Å². The molecule has 3 aromatic heterocycles. The van der Waals surface area contributed by atoms with Gasteiger partial charge in [-0.2, -0.15) is 13.2 Å². The number of halogens is 4. The van der Waals surface area contributed by atoms with Crippen LogP contribution in [-0.2, 0) is 24.5 Å². The van der Waals surface area contributed by atoms with Crippen LogP contribution in [0.1, 0.15) is 55.8 Å². The standard InChI is InChI=1S/C23H24ClF3N6O3S/c1-13(7-17(34)16-10-29-20(32(16)2)12-33-3-5-36-6-4-33)22-30-11-18(37-22)21(35)31-19-8-14(23(25,26)27)15(24)9-28-19/h8-11,13H,3-7,12H2,1-2H3,(H,28,31,35)/t13-/m0/s1. The van der Waals surface area contributed by atoms with Gasteiger partial charge < -0.3 is 14.6 Å². The van der Waals surface area contributed by atoms with Crippen molar-refractivity contribution in [3.63, 3.8) is 0 Å². The Morgan fingerprint density at radius 1 is 1.19 bits per heavy atom. The first-order chi connectivity index (χ1) is 17.5. The molecular weight excluding hydrogens is 533 g/mol. The van der Waals surface area contributed by atoms with Gasteiger partial charge in [0.25, 0.3) is 5.91 Å². The van der Waals surface area contributed by atoms with Crippen LogP contribution in [0.2, 0.25) is 5.02 Å². The van der Waals surface area contributed by atoms with Gasteiger partial charge in [0, 0.05) is 38.7 Å². The molecule has 1 aliphatic heterocycles. The normalized spacial score (nSPS) is 15.5. The van der Waals surface area contributed by atoms with Crippen molar-refractivity contribution in [1.29, 1.82) is 0 Å². The average molecular weight is 557 g/mol. The summed E-state index contributed by atoms with van der Waals surface area (Å²) in [6.07, 6.45) is -0.813. The Kier molecular flexibility index (Phi) is 8.26. The van der Waals surface area contributed by atoms with Crippen molar-refractivity contribution in [1.82, 2.24) is 24.4 Å². The molecule has 1 aliphatic rings.